The number of aromatic nitrogens is 1. The molecule has 4 atom stereocenters. The van der Waals surface area contributed by atoms with E-state index in [-0.39, 0.29) is 23.6 Å². The van der Waals surface area contributed by atoms with Crippen molar-refractivity contribution in [3.05, 3.63) is 64.7 Å². The fourth-order valence-electron chi connectivity index (χ4n) is 7.76. The van der Waals surface area contributed by atoms with Crippen molar-refractivity contribution in [3.8, 4) is 5.75 Å². The van der Waals surface area contributed by atoms with E-state index in [9.17, 15) is 19.8 Å². The summed E-state index contributed by atoms with van der Waals surface area (Å²) in [7, 11) is 0. The molecule has 0 unspecified atom stereocenters. The van der Waals surface area contributed by atoms with Crippen LogP contribution in [0, 0.1) is 11.8 Å². The molecule has 6 heterocycles. The molecule has 4 saturated heterocycles. The summed E-state index contributed by atoms with van der Waals surface area (Å²) in [5.74, 6) is -1.21. The molecule has 0 spiro atoms. The van der Waals surface area contributed by atoms with Gasteiger partial charge in [0.2, 0.25) is 5.91 Å². The molecule has 0 radical (unpaired) electrons. The highest BCUT2D eigenvalue weighted by molar-refractivity contribution is 8.04. The average Bonchev–Trinajstić information content (AvgIpc) is 3.53. The van der Waals surface area contributed by atoms with Crippen LogP contribution in [0.4, 0.5) is 0 Å². The minimum atomic E-state index is -1.11. The Hall–Kier alpha value is -2.96. The SMILES string of the molecule is C[C@@H](O)[C@H]1C(=O)N2C(C(=O)O)=C(Sc3nc4cc(CC[N+]56CC[N+](CCOc7ccccc7)(CC5)CC6)ccc4s3)[C@H](C)[C@H]12. The molecule has 3 aromatic rings. The number of carboxylic acids is 1. The number of β-lactam (4-membered cyclic amide) rings is 1. The lowest BCUT2D eigenvalue weighted by Crippen LogP contribution is -2.75. The summed E-state index contributed by atoms with van der Waals surface area (Å²) < 4.78 is 10.3. The van der Waals surface area contributed by atoms with Crippen molar-refractivity contribution in [3.63, 3.8) is 0 Å². The number of hydrogen-bond donors (Lipinski definition) is 2. The molecule has 44 heavy (non-hydrogen) atoms. The van der Waals surface area contributed by atoms with E-state index >= 15 is 0 Å². The molecule has 1 amide bonds. The van der Waals surface area contributed by atoms with Gasteiger partial charge in [0, 0.05) is 17.2 Å². The van der Waals surface area contributed by atoms with Crippen molar-refractivity contribution in [1.82, 2.24) is 9.88 Å². The molecule has 2 N–H and O–H groups in total. The Bertz CT molecular complexity index is 1600. The van der Waals surface area contributed by atoms with Gasteiger partial charge < -0.3 is 28.8 Å². The van der Waals surface area contributed by atoms with E-state index in [1.54, 1.807) is 18.3 Å². The highest BCUT2D eigenvalue weighted by Gasteiger charge is 2.60. The number of para-hydroxylation sites is 1. The molecule has 5 aliphatic rings. The lowest BCUT2D eigenvalue weighted by molar-refractivity contribution is -1.08. The molecule has 232 valence electrons. The molecule has 9 nitrogen and oxygen atoms in total. The maximum Gasteiger partial charge on any atom is 0.353 e. The first-order chi connectivity index (χ1) is 21.2. The smallest absolute Gasteiger partial charge is 0.353 e. The Labute approximate surface area is 265 Å². The zero-order valence-corrected chi connectivity index (χ0v) is 26.9. The number of aliphatic carboxylic acids is 1. The number of quaternary nitrogens is 2. The Morgan fingerprint density at radius 2 is 1.77 bits per heavy atom. The van der Waals surface area contributed by atoms with Crippen molar-refractivity contribution in [1.29, 1.82) is 0 Å². The van der Waals surface area contributed by atoms with E-state index in [4.69, 9.17) is 9.72 Å². The van der Waals surface area contributed by atoms with Crippen LogP contribution < -0.4 is 4.74 Å². The second-order valence-electron chi connectivity index (χ2n) is 13.0. The molecular weight excluding hydrogens is 597 g/mol. The third-order valence-electron chi connectivity index (χ3n) is 10.5. The zero-order chi connectivity index (χ0) is 30.6. The van der Waals surface area contributed by atoms with E-state index < -0.39 is 18.0 Å². The van der Waals surface area contributed by atoms with Crippen LogP contribution >= 0.6 is 23.1 Å². The number of hydrogen-bond acceptors (Lipinski definition) is 7. The maximum absolute atomic E-state index is 12.7. The molecule has 2 aromatic carbocycles. The zero-order valence-electron chi connectivity index (χ0n) is 25.2. The number of rotatable bonds is 11. The van der Waals surface area contributed by atoms with E-state index in [0.29, 0.717) is 4.91 Å². The van der Waals surface area contributed by atoms with Crippen LogP contribution in [0.1, 0.15) is 19.4 Å². The van der Waals surface area contributed by atoms with Crippen LogP contribution in [0.3, 0.4) is 0 Å². The number of thioether (sulfide) groups is 1. The van der Waals surface area contributed by atoms with Crippen LogP contribution in [0.2, 0.25) is 0 Å². The standard InChI is InChI=1S/C33H39N4O5S2/c1-21-28-27(22(2)38)31(39)35(28)29(32(40)41)30(21)44-33-34-25-20-23(8-9-26(25)43-33)10-11-36-12-15-37(16-13-36,17-14-36)18-19-42-24-6-4-3-5-7-24/h3-9,20-22,27-28,38H,10-19H2,1-2H3/q+1/p+1/t21-,22-,27-,28-,36?,37?/m1/s1. The van der Waals surface area contributed by atoms with E-state index in [1.165, 1.54) is 70.5 Å². The van der Waals surface area contributed by atoms with Crippen molar-refractivity contribution in [2.24, 2.45) is 11.8 Å². The van der Waals surface area contributed by atoms with E-state index in [0.717, 1.165) is 46.4 Å². The van der Waals surface area contributed by atoms with Crippen molar-refractivity contribution >= 4 is 45.2 Å². The number of nitrogens with zero attached hydrogens (tertiary/aromatic N) is 4. The Kier molecular flexibility index (Phi) is 7.73. The largest absolute Gasteiger partial charge is 0.488 e. The molecule has 5 aliphatic heterocycles. The van der Waals surface area contributed by atoms with E-state index in [1.807, 2.05) is 37.3 Å². The van der Waals surface area contributed by atoms with Crippen molar-refractivity contribution < 1.29 is 33.5 Å². The predicted octanol–water partition coefficient (Wildman–Crippen LogP) is 3.82. The van der Waals surface area contributed by atoms with Crippen LogP contribution in [0.25, 0.3) is 10.2 Å². The van der Waals surface area contributed by atoms with Crippen molar-refractivity contribution in [2.75, 3.05) is 59.0 Å². The molecule has 8 rings (SSSR count). The van der Waals surface area contributed by atoms with Crippen LogP contribution in [0.5, 0.6) is 5.75 Å². The number of amides is 1. The first-order valence-corrected chi connectivity index (χ1v) is 17.2. The number of aliphatic hydroxyl groups excluding tert-OH is 1. The normalized spacial score (nSPS) is 30.0. The lowest BCUT2D eigenvalue weighted by Gasteiger charge is -2.55. The average molecular weight is 637 g/mol. The van der Waals surface area contributed by atoms with Gasteiger partial charge in [0.15, 0.2) is 4.34 Å². The molecule has 2 bridgehead atoms. The van der Waals surface area contributed by atoms with Gasteiger partial charge in [-0.3, -0.25) is 4.79 Å². The summed E-state index contributed by atoms with van der Waals surface area (Å²) in [6.07, 6.45) is 0.200. The van der Waals surface area contributed by atoms with Gasteiger partial charge >= 0.3 is 5.97 Å². The molecule has 4 fully saturated rings. The number of thiazole rings is 1. The third kappa shape index (κ3) is 5.22. The number of piperazine rings is 3. The first-order valence-electron chi connectivity index (χ1n) is 15.6. The quantitative estimate of drug-likeness (QED) is 0.244. The molecule has 11 heteroatoms. The van der Waals surface area contributed by atoms with Gasteiger partial charge in [-0.2, -0.15) is 0 Å². The Balaban J connectivity index is 0.977. The molecule has 1 aromatic heterocycles. The first kappa shape index (κ1) is 29.7. The highest BCUT2D eigenvalue weighted by atomic mass is 32.2. The number of carbonyl (C=O) groups excluding carboxylic acids is 1. The van der Waals surface area contributed by atoms with Gasteiger partial charge in [-0.15, -0.1) is 11.3 Å². The lowest BCUT2D eigenvalue weighted by atomic mass is 9.79. The minimum absolute atomic E-state index is 0.0395. The minimum Gasteiger partial charge on any atom is -0.488 e. The maximum atomic E-state index is 12.7. The summed E-state index contributed by atoms with van der Waals surface area (Å²) >= 11 is 2.91. The van der Waals surface area contributed by atoms with Crippen LogP contribution in [-0.4, -0.2) is 112 Å². The number of aliphatic hydroxyl groups is 1. The molecule has 0 aliphatic carbocycles. The second kappa shape index (κ2) is 11.4. The fourth-order valence-corrected chi connectivity index (χ4v) is 10.1. The number of fused-ring (bicyclic) bond motifs is 5. The summed E-state index contributed by atoms with van der Waals surface area (Å²) in [6.45, 7) is 13.9. The number of carboxylic acid groups (broad SMARTS) is 1. The Morgan fingerprint density at radius 1 is 1.09 bits per heavy atom. The van der Waals surface area contributed by atoms with Crippen LogP contribution in [-0.2, 0) is 16.0 Å². The topological polar surface area (TPSA) is 100.0 Å². The summed E-state index contributed by atoms with van der Waals surface area (Å²) in [5, 5.41) is 20.1. The number of ether oxygens (including phenoxy) is 1. The van der Waals surface area contributed by atoms with Gasteiger partial charge in [0.25, 0.3) is 0 Å². The summed E-state index contributed by atoms with van der Waals surface area (Å²) in [4.78, 5) is 31.8. The van der Waals surface area contributed by atoms with Gasteiger partial charge in [0.1, 0.15) is 63.9 Å². The predicted molar refractivity (Wildman–Crippen MR) is 170 cm³/mol. The summed E-state index contributed by atoms with van der Waals surface area (Å²) in [5.41, 5.74) is 2.26. The van der Waals surface area contributed by atoms with Gasteiger partial charge in [-0.05, 0) is 36.8 Å². The number of carbonyl (C=O) groups is 2. The van der Waals surface area contributed by atoms with Crippen molar-refractivity contribution in [2.45, 2.75) is 36.8 Å². The highest BCUT2D eigenvalue weighted by Crippen LogP contribution is 2.52. The molecular formula is C33H40N4O5S2+2. The summed E-state index contributed by atoms with van der Waals surface area (Å²) in [6, 6.07) is 16.3. The monoisotopic (exact) mass is 636 g/mol. The van der Waals surface area contributed by atoms with Crippen LogP contribution in [0.15, 0.2) is 63.5 Å². The Morgan fingerprint density at radius 3 is 2.43 bits per heavy atom. The fraction of sp³-hybridized carbons (Fsp3) is 0.485. The number of benzene rings is 2. The third-order valence-corrected chi connectivity index (χ3v) is 12.9. The molecule has 0 saturated carbocycles. The second-order valence-corrected chi connectivity index (χ2v) is 15.4. The van der Waals surface area contributed by atoms with Gasteiger partial charge in [-0.1, -0.05) is 43.0 Å². The van der Waals surface area contributed by atoms with Gasteiger partial charge in [-0.25, -0.2) is 9.78 Å². The van der Waals surface area contributed by atoms with E-state index in [2.05, 4.69) is 18.2 Å². The van der Waals surface area contributed by atoms with Gasteiger partial charge in [0.05, 0.1) is 34.8 Å².